The third-order valence-corrected chi connectivity index (χ3v) is 6.69. The third-order valence-electron chi connectivity index (χ3n) is 4.48. The summed E-state index contributed by atoms with van der Waals surface area (Å²) in [5, 5.41) is -0.567. The Morgan fingerprint density at radius 3 is 2.46 bits per heavy atom. The number of hydrogen-bond acceptors (Lipinski definition) is 5. The lowest BCUT2D eigenvalue weighted by molar-refractivity contribution is 0.00834. The lowest BCUT2D eigenvalue weighted by atomic mass is 10.1. The Balaban J connectivity index is 0.00000338. The second kappa shape index (κ2) is 10.3. The van der Waals surface area contributed by atoms with Crippen molar-refractivity contribution in [1.29, 1.82) is 0 Å². The molecule has 2 rings (SSSR count). The molecule has 148 valence electrons. The maximum Gasteiger partial charge on any atom is 0.255 e. The van der Waals surface area contributed by atoms with Crippen LogP contribution in [-0.4, -0.2) is 56.8 Å². The van der Waals surface area contributed by atoms with Crippen molar-refractivity contribution >= 4 is 28.2 Å². The first-order chi connectivity index (χ1) is 11.9. The van der Waals surface area contributed by atoms with Gasteiger partial charge in [0.25, 0.3) is 5.91 Å². The standard InChI is InChI=1S/C18H28N2O4S.ClH/c1-14(2)25(22,23)17-7-4-3-6-16(17)18(21)20-11-8-15(9-12-20)24-13-5-10-19;/h3-4,6-7,14-15H,5,8-13,19H2,1-2H3;1H. The molecule has 1 heterocycles. The molecule has 6 nitrogen and oxygen atoms in total. The van der Waals surface area contributed by atoms with Gasteiger partial charge in [-0.15, -0.1) is 12.4 Å². The van der Waals surface area contributed by atoms with Crippen molar-refractivity contribution in [1.82, 2.24) is 4.90 Å². The lowest BCUT2D eigenvalue weighted by Gasteiger charge is -2.32. The number of ether oxygens (including phenoxy) is 1. The summed E-state index contributed by atoms with van der Waals surface area (Å²) in [6.45, 7) is 5.65. The topological polar surface area (TPSA) is 89.7 Å². The van der Waals surface area contributed by atoms with Crippen molar-refractivity contribution in [3.8, 4) is 0 Å². The second-order valence-electron chi connectivity index (χ2n) is 6.59. The van der Waals surface area contributed by atoms with Gasteiger partial charge >= 0.3 is 0 Å². The Kier molecular flexibility index (Phi) is 9.03. The van der Waals surface area contributed by atoms with Gasteiger partial charge in [0.1, 0.15) is 0 Å². The zero-order valence-corrected chi connectivity index (χ0v) is 17.0. The van der Waals surface area contributed by atoms with E-state index in [4.69, 9.17) is 10.5 Å². The number of carbonyl (C=O) groups excluding carboxylic acids is 1. The summed E-state index contributed by atoms with van der Waals surface area (Å²) >= 11 is 0. The van der Waals surface area contributed by atoms with Gasteiger partial charge in [-0.2, -0.15) is 0 Å². The normalized spacial score (nSPS) is 15.8. The van der Waals surface area contributed by atoms with Crippen LogP contribution in [0.1, 0.15) is 43.5 Å². The molecule has 1 aliphatic heterocycles. The predicted molar refractivity (Wildman–Crippen MR) is 105 cm³/mol. The summed E-state index contributed by atoms with van der Waals surface area (Å²) in [6, 6.07) is 6.48. The van der Waals surface area contributed by atoms with Gasteiger partial charge in [-0.25, -0.2) is 8.42 Å². The van der Waals surface area contributed by atoms with Crippen molar-refractivity contribution in [3.63, 3.8) is 0 Å². The highest BCUT2D eigenvalue weighted by atomic mass is 35.5. The number of nitrogens with two attached hydrogens (primary N) is 1. The molecule has 1 amide bonds. The van der Waals surface area contributed by atoms with E-state index in [9.17, 15) is 13.2 Å². The predicted octanol–water partition coefficient (Wildman–Crippen LogP) is 2.26. The molecule has 0 radical (unpaired) electrons. The zero-order valence-electron chi connectivity index (χ0n) is 15.4. The molecule has 1 saturated heterocycles. The molecule has 1 aromatic carbocycles. The molecule has 0 aliphatic carbocycles. The Morgan fingerprint density at radius 2 is 1.88 bits per heavy atom. The Morgan fingerprint density at radius 1 is 1.27 bits per heavy atom. The first-order valence-corrected chi connectivity index (χ1v) is 10.4. The van der Waals surface area contributed by atoms with Crippen LogP contribution in [0, 0.1) is 0 Å². The molecule has 0 unspecified atom stereocenters. The first kappa shape index (κ1) is 22.9. The summed E-state index contributed by atoms with van der Waals surface area (Å²) in [5.74, 6) is -0.222. The monoisotopic (exact) mass is 404 g/mol. The summed E-state index contributed by atoms with van der Waals surface area (Å²) in [4.78, 5) is 14.7. The van der Waals surface area contributed by atoms with Crippen LogP contribution in [0.4, 0.5) is 0 Å². The maximum absolute atomic E-state index is 12.9. The van der Waals surface area contributed by atoms with E-state index in [1.165, 1.54) is 6.07 Å². The molecule has 26 heavy (non-hydrogen) atoms. The van der Waals surface area contributed by atoms with Gasteiger partial charge in [0.05, 0.1) is 21.8 Å². The first-order valence-electron chi connectivity index (χ1n) is 8.81. The van der Waals surface area contributed by atoms with Crippen LogP contribution in [0.5, 0.6) is 0 Å². The van der Waals surface area contributed by atoms with Crippen molar-refractivity contribution in [2.45, 2.75) is 49.4 Å². The minimum absolute atomic E-state index is 0. The average Bonchev–Trinajstić information content (AvgIpc) is 2.62. The highest BCUT2D eigenvalue weighted by Crippen LogP contribution is 2.24. The van der Waals surface area contributed by atoms with E-state index in [0.29, 0.717) is 26.2 Å². The summed E-state index contributed by atoms with van der Waals surface area (Å²) < 4.78 is 30.8. The highest BCUT2D eigenvalue weighted by molar-refractivity contribution is 7.92. The number of likely N-dealkylation sites (tertiary alicyclic amines) is 1. The lowest BCUT2D eigenvalue weighted by Crippen LogP contribution is -2.41. The number of hydrogen-bond donors (Lipinski definition) is 1. The minimum atomic E-state index is -3.50. The van der Waals surface area contributed by atoms with Gasteiger partial charge < -0.3 is 15.4 Å². The number of carbonyl (C=O) groups is 1. The second-order valence-corrected chi connectivity index (χ2v) is 9.07. The Hall–Kier alpha value is -1.15. The largest absolute Gasteiger partial charge is 0.378 e. The number of nitrogens with zero attached hydrogens (tertiary/aromatic N) is 1. The van der Waals surface area contributed by atoms with Gasteiger partial charge in [-0.05, 0) is 51.8 Å². The van der Waals surface area contributed by atoms with Crippen molar-refractivity contribution in [3.05, 3.63) is 29.8 Å². The summed E-state index contributed by atoms with van der Waals surface area (Å²) in [6.07, 6.45) is 2.50. The van der Waals surface area contributed by atoms with Crippen molar-refractivity contribution in [2.24, 2.45) is 5.73 Å². The Labute approximate surface area is 162 Å². The fourth-order valence-corrected chi connectivity index (χ4v) is 4.11. The van der Waals surface area contributed by atoms with E-state index in [-0.39, 0.29) is 34.9 Å². The fraction of sp³-hybridized carbons (Fsp3) is 0.611. The molecular formula is C18H29ClN2O4S. The number of halogens is 1. The highest BCUT2D eigenvalue weighted by Gasteiger charge is 2.29. The molecule has 8 heteroatoms. The molecular weight excluding hydrogens is 376 g/mol. The number of rotatable bonds is 7. The minimum Gasteiger partial charge on any atom is -0.378 e. The zero-order chi connectivity index (χ0) is 18.4. The number of amides is 1. The smallest absolute Gasteiger partial charge is 0.255 e. The van der Waals surface area contributed by atoms with Crippen LogP contribution >= 0.6 is 12.4 Å². The van der Waals surface area contributed by atoms with Crippen LogP contribution in [0.15, 0.2) is 29.2 Å². The summed E-state index contributed by atoms with van der Waals surface area (Å²) in [5.41, 5.74) is 5.72. The van der Waals surface area contributed by atoms with Crippen LogP contribution in [0.3, 0.4) is 0 Å². The van der Waals surface area contributed by atoms with Crippen molar-refractivity contribution < 1.29 is 17.9 Å². The molecule has 0 aromatic heterocycles. The molecule has 0 saturated carbocycles. The average molecular weight is 405 g/mol. The SMILES string of the molecule is CC(C)S(=O)(=O)c1ccccc1C(=O)N1CCC(OCCCN)CC1.Cl. The van der Waals surface area contributed by atoms with E-state index in [1.807, 2.05) is 0 Å². The number of sulfone groups is 1. The molecule has 0 bridgehead atoms. The number of benzene rings is 1. The molecule has 1 aliphatic rings. The quantitative estimate of drug-likeness (QED) is 0.704. The van der Waals surface area contributed by atoms with Crippen LogP contribution < -0.4 is 5.73 Å². The number of piperidine rings is 1. The Bertz CT molecular complexity index is 686. The summed E-state index contributed by atoms with van der Waals surface area (Å²) in [7, 11) is -3.50. The van der Waals surface area contributed by atoms with E-state index in [1.54, 1.807) is 36.9 Å². The molecule has 0 atom stereocenters. The fourth-order valence-electron chi connectivity index (χ4n) is 2.87. The van der Waals surface area contributed by atoms with Gasteiger partial charge in [0.2, 0.25) is 0 Å². The van der Waals surface area contributed by atoms with Gasteiger partial charge in [-0.1, -0.05) is 12.1 Å². The van der Waals surface area contributed by atoms with Gasteiger partial charge in [0.15, 0.2) is 9.84 Å². The maximum atomic E-state index is 12.9. The van der Waals surface area contributed by atoms with Crippen molar-refractivity contribution in [2.75, 3.05) is 26.2 Å². The van der Waals surface area contributed by atoms with Crippen LogP contribution in [0.2, 0.25) is 0 Å². The van der Waals surface area contributed by atoms with Gasteiger partial charge in [0, 0.05) is 19.7 Å². The van der Waals surface area contributed by atoms with E-state index >= 15 is 0 Å². The van der Waals surface area contributed by atoms with Crippen LogP contribution in [-0.2, 0) is 14.6 Å². The van der Waals surface area contributed by atoms with E-state index < -0.39 is 15.1 Å². The molecule has 1 aromatic rings. The molecule has 1 fully saturated rings. The van der Waals surface area contributed by atoms with E-state index in [0.717, 1.165) is 19.3 Å². The molecule has 0 spiro atoms. The third kappa shape index (κ3) is 5.42. The molecule has 2 N–H and O–H groups in total. The van der Waals surface area contributed by atoms with Gasteiger partial charge in [-0.3, -0.25) is 4.79 Å². The van der Waals surface area contributed by atoms with E-state index in [2.05, 4.69) is 0 Å². The van der Waals surface area contributed by atoms with Crippen LogP contribution in [0.25, 0.3) is 0 Å².